The second-order valence-electron chi connectivity index (χ2n) is 3.79. The number of aromatic nitrogens is 1. The largest absolute Gasteiger partial charge is 0.506 e. The average molecular weight is 240 g/mol. The number of phenols is 1. The Balaban J connectivity index is 2.02. The third-order valence-corrected chi connectivity index (χ3v) is 2.47. The van der Waals surface area contributed by atoms with Gasteiger partial charge in [-0.05, 0) is 29.8 Å². The van der Waals surface area contributed by atoms with E-state index in [2.05, 4.69) is 10.3 Å². The highest BCUT2D eigenvalue weighted by Gasteiger charge is 2.00. The molecule has 0 saturated heterocycles. The van der Waals surface area contributed by atoms with Crippen LogP contribution in [0.5, 0.6) is 5.75 Å². The molecule has 0 fully saturated rings. The monoisotopic (exact) mass is 240 g/mol. The van der Waals surface area contributed by atoms with E-state index in [1.165, 1.54) is 0 Å². The maximum atomic E-state index is 9.46. The average Bonchev–Trinajstić information content (AvgIpc) is 2.41. The Morgan fingerprint density at radius 3 is 2.78 bits per heavy atom. The molecule has 1 aromatic carbocycles. The van der Waals surface area contributed by atoms with Crippen molar-refractivity contribution in [1.29, 1.82) is 5.26 Å². The predicted octanol–water partition coefficient (Wildman–Crippen LogP) is 1.85. The lowest BCUT2D eigenvalue weighted by molar-refractivity contribution is 0.477. The zero-order valence-corrected chi connectivity index (χ0v) is 9.59. The van der Waals surface area contributed by atoms with E-state index in [-0.39, 0.29) is 5.75 Å². The lowest BCUT2D eigenvalue weighted by Gasteiger charge is -2.07. The molecule has 2 aromatic rings. The van der Waals surface area contributed by atoms with Crippen LogP contribution in [-0.2, 0) is 6.54 Å². The van der Waals surface area contributed by atoms with Gasteiger partial charge in [0.2, 0.25) is 0 Å². The first kappa shape index (κ1) is 11.7. The molecule has 2 rings (SSSR count). The van der Waals surface area contributed by atoms with Gasteiger partial charge in [-0.1, -0.05) is 6.07 Å². The standard InChI is InChI=1S/C13H12N4O/c14-6-10-2-3-11(8-17-10)16-7-9-1-4-12(15)13(18)5-9/h1-5,8,16,18H,7,15H2. The summed E-state index contributed by atoms with van der Waals surface area (Å²) in [5.74, 6) is 0.0762. The number of rotatable bonds is 3. The first-order valence-corrected chi connectivity index (χ1v) is 5.36. The van der Waals surface area contributed by atoms with Gasteiger partial charge in [0.05, 0.1) is 17.6 Å². The van der Waals surface area contributed by atoms with E-state index in [4.69, 9.17) is 11.0 Å². The first-order valence-electron chi connectivity index (χ1n) is 5.36. The van der Waals surface area contributed by atoms with Gasteiger partial charge in [0, 0.05) is 6.54 Å². The molecule has 0 amide bonds. The molecule has 5 nitrogen and oxygen atoms in total. The van der Waals surface area contributed by atoms with Crippen LogP contribution in [0, 0.1) is 11.3 Å². The van der Waals surface area contributed by atoms with Crippen LogP contribution in [0.4, 0.5) is 11.4 Å². The van der Waals surface area contributed by atoms with Crippen molar-refractivity contribution in [3.05, 3.63) is 47.8 Å². The maximum absolute atomic E-state index is 9.46. The van der Waals surface area contributed by atoms with Gasteiger partial charge in [-0.15, -0.1) is 0 Å². The Bertz CT molecular complexity index is 587. The van der Waals surface area contributed by atoms with Gasteiger partial charge in [0.1, 0.15) is 17.5 Å². The molecule has 0 aliphatic rings. The Morgan fingerprint density at radius 2 is 2.17 bits per heavy atom. The molecule has 0 unspecified atom stereocenters. The number of benzene rings is 1. The fourth-order valence-corrected chi connectivity index (χ4v) is 1.47. The molecule has 0 bridgehead atoms. The fourth-order valence-electron chi connectivity index (χ4n) is 1.47. The van der Waals surface area contributed by atoms with Crippen LogP contribution in [0.3, 0.4) is 0 Å². The zero-order chi connectivity index (χ0) is 13.0. The lowest BCUT2D eigenvalue weighted by Crippen LogP contribution is -2.00. The third kappa shape index (κ3) is 2.68. The minimum Gasteiger partial charge on any atom is -0.506 e. The van der Waals surface area contributed by atoms with Gasteiger partial charge in [-0.2, -0.15) is 5.26 Å². The van der Waals surface area contributed by atoms with E-state index < -0.39 is 0 Å². The summed E-state index contributed by atoms with van der Waals surface area (Å²) in [5, 5.41) is 21.2. The number of nitrogens with two attached hydrogens (primary N) is 1. The Morgan fingerprint density at radius 1 is 1.33 bits per heavy atom. The highest BCUT2D eigenvalue weighted by molar-refractivity contribution is 5.53. The number of nitrogens with one attached hydrogen (secondary N) is 1. The quantitative estimate of drug-likeness (QED) is 0.562. The zero-order valence-electron chi connectivity index (χ0n) is 9.59. The van der Waals surface area contributed by atoms with Crippen LogP contribution in [0.2, 0.25) is 0 Å². The van der Waals surface area contributed by atoms with Gasteiger partial charge in [0.25, 0.3) is 0 Å². The molecule has 0 aliphatic carbocycles. The number of nitrogens with zero attached hydrogens (tertiary/aromatic N) is 2. The predicted molar refractivity (Wildman–Crippen MR) is 68.8 cm³/mol. The van der Waals surface area contributed by atoms with E-state index in [0.29, 0.717) is 17.9 Å². The van der Waals surface area contributed by atoms with Crippen LogP contribution < -0.4 is 11.1 Å². The van der Waals surface area contributed by atoms with Crippen molar-refractivity contribution < 1.29 is 5.11 Å². The molecule has 90 valence electrons. The van der Waals surface area contributed by atoms with Gasteiger partial charge in [-0.25, -0.2) is 4.98 Å². The van der Waals surface area contributed by atoms with E-state index >= 15 is 0 Å². The number of aromatic hydroxyl groups is 1. The minimum absolute atomic E-state index is 0.0762. The molecular formula is C13H12N4O. The Labute approximate surface area is 105 Å². The topological polar surface area (TPSA) is 95.0 Å². The number of nitriles is 1. The molecule has 0 spiro atoms. The third-order valence-electron chi connectivity index (χ3n) is 2.47. The second kappa shape index (κ2) is 5.06. The van der Waals surface area contributed by atoms with Crippen LogP contribution in [0.25, 0.3) is 0 Å². The number of anilines is 2. The van der Waals surface area contributed by atoms with Crippen molar-refractivity contribution in [2.24, 2.45) is 0 Å². The molecule has 0 aliphatic heterocycles. The van der Waals surface area contributed by atoms with Crippen molar-refractivity contribution in [2.75, 3.05) is 11.1 Å². The maximum Gasteiger partial charge on any atom is 0.140 e. The summed E-state index contributed by atoms with van der Waals surface area (Å²) in [4.78, 5) is 3.95. The van der Waals surface area contributed by atoms with E-state index in [1.54, 1.807) is 30.5 Å². The summed E-state index contributed by atoms with van der Waals surface area (Å²) in [6, 6.07) is 10.5. The van der Waals surface area contributed by atoms with Crippen molar-refractivity contribution in [3.63, 3.8) is 0 Å². The van der Waals surface area contributed by atoms with Gasteiger partial charge < -0.3 is 16.2 Å². The van der Waals surface area contributed by atoms with E-state index in [9.17, 15) is 5.11 Å². The minimum atomic E-state index is 0.0762. The summed E-state index contributed by atoms with van der Waals surface area (Å²) in [6.07, 6.45) is 1.59. The molecule has 0 saturated carbocycles. The molecule has 4 N–H and O–H groups in total. The lowest BCUT2D eigenvalue weighted by atomic mass is 10.2. The fraction of sp³-hybridized carbons (Fsp3) is 0.0769. The Hall–Kier alpha value is -2.74. The van der Waals surface area contributed by atoms with Crippen molar-refractivity contribution >= 4 is 11.4 Å². The molecule has 0 radical (unpaired) electrons. The first-order chi connectivity index (χ1) is 8.69. The van der Waals surface area contributed by atoms with Gasteiger partial charge >= 0.3 is 0 Å². The van der Waals surface area contributed by atoms with Gasteiger partial charge in [-0.3, -0.25) is 0 Å². The Kier molecular flexibility index (Phi) is 3.30. The molecule has 1 heterocycles. The molecule has 0 atom stereocenters. The number of pyridine rings is 1. The number of nitrogen functional groups attached to an aromatic ring is 1. The van der Waals surface area contributed by atoms with Crippen LogP contribution in [-0.4, -0.2) is 10.1 Å². The van der Waals surface area contributed by atoms with E-state index in [1.807, 2.05) is 12.1 Å². The van der Waals surface area contributed by atoms with E-state index in [0.717, 1.165) is 11.3 Å². The summed E-state index contributed by atoms with van der Waals surface area (Å²) in [7, 11) is 0. The molecule has 18 heavy (non-hydrogen) atoms. The summed E-state index contributed by atoms with van der Waals surface area (Å²) in [5.41, 5.74) is 7.98. The molecular weight excluding hydrogens is 228 g/mol. The SMILES string of the molecule is N#Cc1ccc(NCc2ccc(N)c(O)c2)cn1. The molecule has 1 aromatic heterocycles. The van der Waals surface area contributed by atoms with Crippen molar-refractivity contribution in [1.82, 2.24) is 4.98 Å². The van der Waals surface area contributed by atoms with Crippen LogP contribution >= 0.6 is 0 Å². The number of phenolic OH excluding ortho intramolecular Hbond substituents is 1. The molecule has 5 heteroatoms. The van der Waals surface area contributed by atoms with Crippen LogP contribution in [0.15, 0.2) is 36.5 Å². The van der Waals surface area contributed by atoms with Crippen molar-refractivity contribution in [3.8, 4) is 11.8 Å². The van der Waals surface area contributed by atoms with Crippen LogP contribution in [0.1, 0.15) is 11.3 Å². The summed E-state index contributed by atoms with van der Waals surface area (Å²) >= 11 is 0. The van der Waals surface area contributed by atoms with Crippen molar-refractivity contribution in [2.45, 2.75) is 6.54 Å². The highest BCUT2D eigenvalue weighted by Crippen LogP contribution is 2.21. The summed E-state index contributed by atoms with van der Waals surface area (Å²) in [6.45, 7) is 0.543. The number of hydrogen-bond acceptors (Lipinski definition) is 5. The van der Waals surface area contributed by atoms with Gasteiger partial charge in [0.15, 0.2) is 0 Å². The second-order valence-corrected chi connectivity index (χ2v) is 3.79. The smallest absolute Gasteiger partial charge is 0.140 e. The summed E-state index contributed by atoms with van der Waals surface area (Å²) < 4.78 is 0. The normalized spacial score (nSPS) is 9.72. The number of hydrogen-bond donors (Lipinski definition) is 3. The highest BCUT2D eigenvalue weighted by atomic mass is 16.3.